The van der Waals surface area contributed by atoms with E-state index in [0.29, 0.717) is 17.8 Å². The average molecular weight is 394 g/mol. The molecule has 8 nitrogen and oxygen atoms in total. The van der Waals surface area contributed by atoms with Crippen LogP contribution in [0.1, 0.15) is 23.6 Å². The predicted molar refractivity (Wildman–Crippen MR) is 99.7 cm³/mol. The molecule has 1 aromatic heterocycles. The Morgan fingerprint density at radius 3 is 2.31 bits per heavy atom. The van der Waals surface area contributed by atoms with Gasteiger partial charge in [0, 0.05) is 24.5 Å². The molecule has 2 heterocycles. The van der Waals surface area contributed by atoms with Crippen molar-refractivity contribution in [3.8, 4) is 0 Å². The largest absolute Gasteiger partial charge is 0.284 e. The van der Waals surface area contributed by atoms with E-state index in [1.807, 2.05) is 6.07 Å². The van der Waals surface area contributed by atoms with Crippen LogP contribution in [0.25, 0.3) is 0 Å². The highest BCUT2D eigenvalue weighted by atomic mass is 32.2. The Bertz CT molecular complexity index is 1030. The molecule has 1 atom stereocenters. The highest BCUT2D eigenvalue weighted by molar-refractivity contribution is 7.92. The van der Waals surface area contributed by atoms with Crippen molar-refractivity contribution < 1.29 is 16.8 Å². The van der Waals surface area contributed by atoms with Gasteiger partial charge >= 0.3 is 0 Å². The van der Waals surface area contributed by atoms with Gasteiger partial charge in [0.1, 0.15) is 0 Å². The predicted octanol–water partition coefficient (Wildman–Crippen LogP) is 1.56. The second-order valence-electron chi connectivity index (χ2n) is 6.04. The molecule has 0 amide bonds. The highest BCUT2D eigenvalue weighted by Crippen LogP contribution is 2.34. The van der Waals surface area contributed by atoms with E-state index in [1.165, 1.54) is 0 Å². The van der Waals surface area contributed by atoms with Gasteiger partial charge in [-0.3, -0.25) is 9.71 Å². The number of pyridine rings is 1. The molecule has 3 rings (SSSR count). The van der Waals surface area contributed by atoms with Gasteiger partial charge < -0.3 is 0 Å². The monoisotopic (exact) mass is 394 g/mol. The van der Waals surface area contributed by atoms with Gasteiger partial charge in [-0.05, 0) is 29.3 Å². The Morgan fingerprint density at radius 1 is 1.08 bits per heavy atom. The normalized spacial score (nSPS) is 17.8. The lowest BCUT2D eigenvalue weighted by Crippen LogP contribution is -2.25. The van der Waals surface area contributed by atoms with Crippen molar-refractivity contribution in [2.24, 2.45) is 5.10 Å². The third-order valence-electron chi connectivity index (χ3n) is 3.80. The number of rotatable bonds is 5. The topological polar surface area (TPSA) is 109 Å². The molecular formula is C16H18N4O4S2. The van der Waals surface area contributed by atoms with Crippen molar-refractivity contribution in [2.45, 2.75) is 12.5 Å². The fourth-order valence-corrected chi connectivity index (χ4v) is 4.20. The maximum Gasteiger partial charge on any atom is 0.247 e. The van der Waals surface area contributed by atoms with Gasteiger partial charge in [0.25, 0.3) is 0 Å². The zero-order valence-corrected chi connectivity index (χ0v) is 15.8. The number of hydrogen-bond donors (Lipinski definition) is 1. The van der Waals surface area contributed by atoms with Gasteiger partial charge in [-0.25, -0.2) is 16.8 Å². The molecule has 0 spiro atoms. The molecule has 10 heteroatoms. The second kappa shape index (κ2) is 6.69. The van der Waals surface area contributed by atoms with E-state index in [0.717, 1.165) is 28.1 Å². The van der Waals surface area contributed by atoms with Crippen LogP contribution in [0.4, 0.5) is 5.69 Å². The first-order chi connectivity index (χ1) is 12.1. The van der Waals surface area contributed by atoms with Crippen LogP contribution in [0.3, 0.4) is 0 Å². The van der Waals surface area contributed by atoms with E-state index in [-0.39, 0.29) is 0 Å². The zero-order valence-electron chi connectivity index (χ0n) is 14.2. The molecule has 0 fully saturated rings. The summed E-state index contributed by atoms with van der Waals surface area (Å²) in [4.78, 5) is 4.05. The molecule has 0 aliphatic carbocycles. The minimum atomic E-state index is -3.55. The fourth-order valence-electron chi connectivity index (χ4n) is 2.73. The molecule has 0 bridgehead atoms. The molecule has 0 unspecified atom stereocenters. The molecule has 26 heavy (non-hydrogen) atoms. The van der Waals surface area contributed by atoms with Gasteiger partial charge in [0.2, 0.25) is 20.0 Å². The smallest absolute Gasteiger partial charge is 0.247 e. The molecule has 1 aliphatic heterocycles. The van der Waals surface area contributed by atoms with Crippen molar-refractivity contribution in [1.29, 1.82) is 0 Å². The van der Waals surface area contributed by atoms with Crippen molar-refractivity contribution in [1.82, 2.24) is 9.40 Å². The molecule has 1 N–H and O–H groups in total. The number of hydrazone groups is 1. The average Bonchev–Trinajstić information content (AvgIpc) is 3.00. The van der Waals surface area contributed by atoms with Crippen LogP contribution in [0, 0.1) is 0 Å². The van der Waals surface area contributed by atoms with Crippen LogP contribution >= 0.6 is 0 Å². The minimum Gasteiger partial charge on any atom is -0.284 e. The molecule has 0 radical (unpaired) electrons. The molecule has 1 aromatic carbocycles. The number of hydrogen-bond acceptors (Lipinski definition) is 6. The van der Waals surface area contributed by atoms with Crippen LogP contribution in [-0.2, 0) is 20.0 Å². The fraction of sp³-hybridized carbons (Fsp3) is 0.250. The molecule has 0 saturated carbocycles. The molecule has 0 saturated heterocycles. The van der Waals surface area contributed by atoms with Gasteiger partial charge in [-0.15, -0.1) is 0 Å². The van der Waals surface area contributed by atoms with E-state index >= 15 is 0 Å². The van der Waals surface area contributed by atoms with Crippen LogP contribution in [0.2, 0.25) is 0 Å². The van der Waals surface area contributed by atoms with E-state index in [4.69, 9.17) is 0 Å². The van der Waals surface area contributed by atoms with Gasteiger partial charge in [0.15, 0.2) is 0 Å². The summed E-state index contributed by atoms with van der Waals surface area (Å²) in [7, 11) is -6.90. The van der Waals surface area contributed by atoms with Gasteiger partial charge in [-0.1, -0.05) is 18.2 Å². The Balaban J connectivity index is 1.91. The highest BCUT2D eigenvalue weighted by Gasteiger charge is 2.34. The number of nitrogens with one attached hydrogen (secondary N) is 1. The second-order valence-corrected chi connectivity index (χ2v) is 9.63. The first-order valence-electron chi connectivity index (χ1n) is 7.68. The molecular weight excluding hydrogens is 376 g/mol. The number of aromatic nitrogens is 1. The summed E-state index contributed by atoms with van der Waals surface area (Å²) >= 11 is 0. The minimum absolute atomic E-state index is 0.400. The number of sulfonamides is 2. The number of anilines is 1. The maximum absolute atomic E-state index is 12.1. The summed E-state index contributed by atoms with van der Waals surface area (Å²) in [5, 5.41) is 4.29. The van der Waals surface area contributed by atoms with Crippen molar-refractivity contribution in [3.05, 3.63) is 59.9 Å². The summed E-state index contributed by atoms with van der Waals surface area (Å²) in [6.07, 6.45) is 5.84. The quantitative estimate of drug-likeness (QED) is 0.828. The van der Waals surface area contributed by atoms with E-state index in [2.05, 4.69) is 14.8 Å². The first-order valence-corrected chi connectivity index (χ1v) is 11.4. The Labute approximate surface area is 152 Å². The lowest BCUT2D eigenvalue weighted by Gasteiger charge is -2.20. The van der Waals surface area contributed by atoms with E-state index in [9.17, 15) is 16.8 Å². The summed E-state index contributed by atoms with van der Waals surface area (Å²) in [6, 6.07) is 9.74. The summed E-state index contributed by atoms with van der Waals surface area (Å²) < 4.78 is 50.3. The van der Waals surface area contributed by atoms with Crippen LogP contribution in [0.15, 0.2) is 53.9 Å². The van der Waals surface area contributed by atoms with Crippen LogP contribution in [-0.4, -0.2) is 44.5 Å². The standard InChI is InChI=1S/C16H18N4O4S2/c1-25(21,22)19-14-7-5-12(6-8-14)15-10-16(13-4-3-9-17-11-13)20(18-15)26(2,23)24/h3-9,11,16,19H,10H2,1-2H3/t16-/m1/s1. The van der Waals surface area contributed by atoms with Crippen molar-refractivity contribution in [2.75, 3.05) is 17.2 Å². The van der Waals surface area contributed by atoms with Crippen molar-refractivity contribution >= 4 is 31.4 Å². The third-order valence-corrected chi connectivity index (χ3v) is 5.43. The van der Waals surface area contributed by atoms with E-state index < -0.39 is 26.1 Å². The van der Waals surface area contributed by atoms with Crippen LogP contribution in [0.5, 0.6) is 0 Å². The zero-order chi connectivity index (χ0) is 18.9. The Hall–Kier alpha value is -2.46. The lowest BCUT2D eigenvalue weighted by atomic mass is 10.0. The third kappa shape index (κ3) is 4.20. The maximum atomic E-state index is 12.1. The summed E-state index contributed by atoms with van der Waals surface area (Å²) in [5.41, 5.74) is 2.52. The molecule has 1 aliphatic rings. The van der Waals surface area contributed by atoms with Crippen LogP contribution < -0.4 is 4.72 Å². The number of benzene rings is 1. The molecule has 2 aromatic rings. The van der Waals surface area contributed by atoms with Crippen molar-refractivity contribution in [3.63, 3.8) is 0 Å². The summed E-state index contributed by atoms with van der Waals surface area (Å²) in [5.74, 6) is 0. The SMILES string of the molecule is CS(=O)(=O)Nc1ccc(C2=NN(S(C)(=O)=O)[C@@H](c3cccnc3)C2)cc1. The first kappa shape index (κ1) is 18.3. The summed E-state index contributed by atoms with van der Waals surface area (Å²) in [6.45, 7) is 0. The molecule has 138 valence electrons. The van der Waals surface area contributed by atoms with Gasteiger partial charge in [-0.2, -0.15) is 9.52 Å². The van der Waals surface area contributed by atoms with E-state index in [1.54, 1.807) is 42.7 Å². The lowest BCUT2D eigenvalue weighted by molar-refractivity contribution is 0.374. The Kier molecular flexibility index (Phi) is 4.72. The number of nitrogens with zero attached hydrogens (tertiary/aromatic N) is 3. The Morgan fingerprint density at radius 2 is 1.77 bits per heavy atom. The van der Waals surface area contributed by atoms with Gasteiger partial charge in [0.05, 0.1) is 24.3 Å².